The summed E-state index contributed by atoms with van der Waals surface area (Å²) in [6.07, 6.45) is 33.9. The van der Waals surface area contributed by atoms with Crippen molar-refractivity contribution in [3.05, 3.63) is 0 Å². The number of hydrogen-bond acceptors (Lipinski definition) is 3. The van der Waals surface area contributed by atoms with Crippen molar-refractivity contribution in [3.8, 4) is 0 Å². The Balaban J connectivity index is 0. The van der Waals surface area contributed by atoms with Gasteiger partial charge in [-0.2, -0.15) is 0 Å². The maximum atomic E-state index is 12.0. The molecule has 0 radical (unpaired) electrons. The summed E-state index contributed by atoms with van der Waals surface area (Å²) in [5.41, 5.74) is 0. The van der Waals surface area contributed by atoms with Crippen LogP contribution in [-0.2, 0) is 14.3 Å². The molecule has 0 fully saturated rings. The molecule has 4 nitrogen and oxygen atoms in total. The zero-order valence-electron chi connectivity index (χ0n) is 27.8. The first-order chi connectivity index (χ1) is 19.5. The molecule has 1 N–H and O–H groups in total. The number of unbranched alkanes of at least 4 members (excludes halogenated alkanes) is 20. The molecule has 4 heteroatoms. The van der Waals surface area contributed by atoms with E-state index in [1.807, 2.05) is 0 Å². The number of carbonyl (C=O) groups excluding carboxylic acids is 1. The van der Waals surface area contributed by atoms with Gasteiger partial charge < -0.3 is 9.84 Å². The van der Waals surface area contributed by atoms with Crippen molar-refractivity contribution in [2.75, 3.05) is 6.61 Å². The van der Waals surface area contributed by atoms with Gasteiger partial charge in [-0.05, 0) is 31.6 Å². The quantitative estimate of drug-likeness (QED) is 0.0691. The lowest BCUT2D eigenvalue weighted by atomic mass is 9.96. The van der Waals surface area contributed by atoms with E-state index in [9.17, 15) is 9.59 Å². The number of rotatable bonds is 30. The van der Waals surface area contributed by atoms with Crippen molar-refractivity contribution in [1.29, 1.82) is 0 Å². The maximum Gasteiger partial charge on any atom is 0.305 e. The second-order valence-electron chi connectivity index (χ2n) is 12.1. The van der Waals surface area contributed by atoms with Crippen LogP contribution in [0.1, 0.15) is 207 Å². The molecule has 0 aliphatic carbocycles. The zero-order chi connectivity index (χ0) is 29.9. The normalized spacial score (nSPS) is 11.6. The van der Waals surface area contributed by atoms with Crippen LogP contribution < -0.4 is 0 Å². The molecular formula is C36H72O4. The molecule has 0 amide bonds. The molecule has 0 saturated heterocycles. The Hall–Kier alpha value is -1.06. The molecule has 0 aromatic carbocycles. The SMILES string of the molecule is CCCCCCCCCCCC(=O)O.CCCCCCCCCCCC(=O)OCC(CCCC)CCCCCC. The van der Waals surface area contributed by atoms with Crippen LogP contribution in [0.2, 0.25) is 0 Å². The van der Waals surface area contributed by atoms with Crippen LogP contribution in [0.15, 0.2) is 0 Å². The first kappa shape index (κ1) is 41.1. The lowest BCUT2D eigenvalue weighted by Crippen LogP contribution is -2.14. The highest BCUT2D eigenvalue weighted by molar-refractivity contribution is 5.69. The predicted molar refractivity (Wildman–Crippen MR) is 174 cm³/mol. The molecule has 0 saturated carbocycles. The first-order valence-corrected chi connectivity index (χ1v) is 17.9. The summed E-state index contributed by atoms with van der Waals surface area (Å²) in [5.74, 6) is -0.0465. The fourth-order valence-corrected chi connectivity index (χ4v) is 5.11. The van der Waals surface area contributed by atoms with Gasteiger partial charge in [-0.15, -0.1) is 0 Å². The second kappa shape index (κ2) is 36.0. The number of carbonyl (C=O) groups is 2. The number of ether oxygens (including phenoxy) is 1. The van der Waals surface area contributed by atoms with Gasteiger partial charge in [0.05, 0.1) is 6.61 Å². The molecule has 0 spiro atoms. The Bertz CT molecular complexity index is 505. The van der Waals surface area contributed by atoms with Gasteiger partial charge in [0.2, 0.25) is 0 Å². The van der Waals surface area contributed by atoms with E-state index in [0.29, 0.717) is 25.4 Å². The van der Waals surface area contributed by atoms with Crippen LogP contribution in [-0.4, -0.2) is 23.7 Å². The third-order valence-corrected chi connectivity index (χ3v) is 7.89. The lowest BCUT2D eigenvalue weighted by Gasteiger charge is -2.16. The van der Waals surface area contributed by atoms with E-state index in [4.69, 9.17) is 9.84 Å². The summed E-state index contributed by atoms with van der Waals surface area (Å²) in [5, 5.41) is 8.41. The Morgan fingerprint density at radius 2 is 0.825 bits per heavy atom. The van der Waals surface area contributed by atoms with Gasteiger partial charge in [-0.25, -0.2) is 0 Å². The van der Waals surface area contributed by atoms with E-state index in [1.54, 1.807) is 0 Å². The predicted octanol–water partition coefficient (Wildman–Crippen LogP) is 12.2. The highest BCUT2D eigenvalue weighted by atomic mass is 16.5. The van der Waals surface area contributed by atoms with Crippen molar-refractivity contribution in [2.45, 2.75) is 207 Å². The topological polar surface area (TPSA) is 63.6 Å². The van der Waals surface area contributed by atoms with Crippen LogP contribution in [0.5, 0.6) is 0 Å². The van der Waals surface area contributed by atoms with Gasteiger partial charge >= 0.3 is 11.9 Å². The van der Waals surface area contributed by atoms with Crippen LogP contribution in [0.4, 0.5) is 0 Å². The average Bonchev–Trinajstić information content (AvgIpc) is 2.94. The van der Waals surface area contributed by atoms with Crippen molar-refractivity contribution < 1.29 is 19.4 Å². The minimum atomic E-state index is -0.659. The van der Waals surface area contributed by atoms with Crippen LogP contribution in [0.3, 0.4) is 0 Å². The third kappa shape index (κ3) is 36.9. The molecular weight excluding hydrogens is 496 g/mol. The molecule has 0 aromatic rings. The number of aliphatic carboxylic acids is 1. The summed E-state index contributed by atoms with van der Waals surface area (Å²) in [7, 11) is 0. The number of carboxylic acid groups (broad SMARTS) is 1. The first-order valence-electron chi connectivity index (χ1n) is 17.9. The molecule has 0 bridgehead atoms. The van der Waals surface area contributed by atoms with Gasteiger partial charge in [0.25, 0.3) is 0 Å². The van der Waals surface area contributed by atoms with Crippen LogP contribution in [0, 0.1) is 5.92 Å². The molecule has 0 rings (SSSR count). The average molecular weight is 569 g/mol. The second-order valence-corrected chi connectivity index (χ2v) is 12.1. The molecule has 0 aromatic heterocycles. The highest BCUT2D eigenvalue weighted by Gasteiger charge is 2.12. The largest absolute Gasteiger partial charge is 0.481 e. The molecule has 0 aliphatic rings. The van der Waals surface area contributed by atoms with E-state index in [1.165, 1.54) is 148 Å². The number of esters is 1. The number of carboxylic acids is 1. The highest BCUT2D eigenvalue weighted by Crippen LogP contribution is 2.18. The Morgan fingerprint density at radius 3 is 1.25 bits per heavy atom. The van der Waals surface area contributed by atoms with Crippen molar-refractivity contribution in [2.24, 2.45) is 5.92 Å². The fourth-order valence-electron chi connectivity index (χ4n) is 5.11. The maximum absolute atomic E-state index is 12.0. The van der Waals surface area contributed by atoms with Gasteiger partial charge in [-0.3, -0.25) is 9.59 Å². The summed E-state index contributed by atoms with van der Waals surface area (Å²) < 4.78 is 5.59. The fraction of sp³-hybridized carbons (Fsp3) is 0.944. The standard InChI is InChI=1S/C24H48O2.C12H24O2/c1-4-7-10-12-13-14-15-16-18-21-24(25)26-22-23(19-9-6-3)20-17-11-8-5-2;1-2-3-4-5-6-7-8-9-10-11-12(13)14/h23H,4-22H2,1-3H3;2-11H2,1H3,(H,13,14). The molecule has 1 atom stereocenters. The Kier molecular flexibility index (Phi) is 36.9. The molecule has 40 heavy (non-hydrogen) atoms. The zero-order valence-corrected chi connectivity index (χ0v) is 27.8. The molecule has 240 valence electrons. The van der Waals surface area contributed by atoms with Gasteiger partial charge in [0, 0.05) is 12.8 Å². The smallest absolute Gasteiger partial charge is 0.305 e. The summed E-state index contributed by atoms with van der Waals surface area (Å²) >= 11 is 0. The lowest BCUT2D eigenvalue weighted by molar-refractivity contribution is -0.145. The van der Waals surface area contributed by atoms with E-state index < -0.39 is 5.97 Å². The summed E-state index contributed by atoms with van der Waals surface area (Å²) in [4.78, 5) is 22.2. The van der Waals surface area contributed by atoms with Crippen LogP contribution in [0.25, 0.3) is 0 Å². The molecule has 0 heterocycles. The molecule has 0 aliphatic heterocycles. The summed E-state index contributed by atoms with van der Waals surface area (Å²) in [6, 6.07) is 0. The Labute approximate surface area is 251 Å². The van der Waals surface area contributed by atoms with Crippen molar-refractivity contribution in [1.82, 2.24) is 0 Å². The Morgan fingerprint density at radius 1 is 0.475 bits per heavy atom. The molecule has 1 unspecified atom stereocenters. The third-order valence-electron chi connectivity index (χ3n) is 7.89. The van der Waals surface area contributed by atoms with E-state index in [-0.39, 0.29) is 5.97 Å². The van der Waals surface area contributed by atoms with Gasteiger partial charge in [-0.1, -0.05) is 169 Å². The van der Waals surface area contributed by atoms with Crippen molar-refractivity contribution in [3.63, 3.8) is 0 Å². The van der Waals surface area contributed by atoms with Crippen LogP contribution >= 0.6 is 0 Å². The van der Waals surface area contributed by atoms with Crippen molar-refractivity contribution >= 4 is 11.9 Å². The van der Waals surface area contributed by atoms with E-state index in [2.05, 4.69) is 27.7 Å². The van der Waals surface area contributed by atoms with Gasteiger partial charge in [0.15, 0.2) is 0 Å². The number of hydrogen-bond donors (Lipinski definition) is 1. The minimum Gasteiger partial charge on any atom is -0.481 e. The minimum absolute atomic E-state index is 0.0306. The van der Waals surface area contributed by atoms with E-state index in [0.717, 1.165) is 19.3 Å². The summed E-state index contributed by atoms with van der Waals surface area (Å²) in [6.45, 7) is 9.64. The monoisotopic (exact) mass is 569 g/mol. The van der Waals surface area contributed by atoms with Gasteiger partial charge in [0.1, 0.15) is 0 Å². The van der Waals surface area contributed by atoms with E-state index >= 15 is 0 Å².